The number of nitrogens with one attached hydrogen (secondary N) is 3. The van der Waals surface area contributed by atoms with Gasteiger partial charge in [0, 0.05) is 63.2 Å². The van der Waals surface area contributed by atoms with Crippen LogP contribution < -0.4 is 16.0 Å². The molecule has 1 aromatic carbocycles. The molecule has 5 rings (SSSR count). The highest BCUT2D eigenvalue weighted by Crippen LogP contribution is 2.27. The number of ether oxygens (including phenoxy) is 4. The largest absolute Gasteiger partial charge is 0.458 e. The fourth-order valence-electron chi connectivity index (χ4n) is 8.54. The molecule has 2 fully saturated rings. The van der Waals surface area contributed by atoms with E-state index in [9.17, 15) is 24.0 Å². The van der Waals surface area contributed by atoms with E-state index < -0.39 is 46.6 Å². The van der Waals surface area contributed by atoms with E-state index in [4.69, 9.17) is 28.9 Å². The predicted octanol–water partition coefficient (Wildman–Crippen LogP) is 8.84. The van der Waals surface area contributed by atoms with E-state index in [1.165, 1.54) is 6.42 Å². The predicted molar refractivity (Wildman–Crippen MR) is 275 cm³/mol. The smallest absolute Gasteiger partial charge is 0.410 e. The van der Waals surface area contributed by atoms with E-state index in [1.807, 2.05) is 76.9 Å². The molecule has 3 N–H and O–H groups in total. The van der Waals surface area contributed by atoms with Gasteiger partial charge in [0.2, 0.25) is 11.9 Å². The minimum absolute atomic E-state index is 0.0307. The molecule has 1 aliphatic carbocycles. The van der Waals surface area contributed by atoms with Crippen LogP contribution in [-0.2, 0) is 41.6 Å². The molecule has 2 aliphatic rings. The van der Waals surface area contributed by atoms with Gasteiger partial charge in [-0.05, 0) is 140 Å². The van der Waals surface area contributed by atoms with Crippen molar-refractivity contribution in [1.29, 1.82) is 0 Å². The van der Waals surface area contributed by atoms with Gasteiger partial charge >= 0.3 is 24.2 Å². The molecule has 400 valence electrons. The zero-order valence-electron chi connectivity index (χ0n) is 45.1. The Morgan fingerprint density at radius 3 is 2.01 bits per heavy atom. The van der Waals surface area contributed by atoms with E-state index in [1.54, 1.807) is 56.0 Å². The molecule has 1 saturated heterocycles. The molecule has 1 aliphatic heterocycles. The Balaban J connectivity index is 1.13. The molecule has 20 nitrogen and oxygen atoms in total. The Morgan fingerprint density at radius 1 is 0.736 bits per heavy atom. The van der Waals surface area contributed by atoms with Crippen LogP contribution in [0.15, 0.2) is 30.5 Å². The maximum atomic E-state index is 13.4. The van der Waals surface area contributed by atoms with E-state index in [0.29, 0.717) is 89.0 Å². The lowest BCUT2D eigenvalue weighted by Crippen LogP contribution is -2.47. The molecule has 3 heterocycles. The summed E-state index contributed by atoms with van der Waals surface area (Å²) in [5.74, 6) is 0.350. The highest BCUT2D eigenvalue weighted by atomic mass is 16.6. The number of anilines is 2. The highest BCUT2D eigenvalue weighted by Gasteiger charge is 2.33. The van der Waals surface area contributed by atoms with Crippen LogP contribution in [0.25, 0.3) is 10.9 Å². The first-order valence-corrected chi connectivity index (χ1v) is 25.8. The standard InChI is InChI=1S/C52H83N11O9/c1-49(2,3)69-44(65)41(56-46(66)70-50(4,5)6)24-25-42(64)60-32-26-36(27-33-60)54-43-39-22-16-17-23-40(39)55-45(57-43)53-34-37-35-62(59-58-37)30-18-28-61(47(67)71-51(7,8)9)29-19-31-63(38-20-14-13-15-21-38)48(68)72-52(10,11)12/h16-17,22-23,35-36,38,41H,13-15,18-21,24-34H2,1-12H3,(H,56,66)(H2,53,54,55,57)/t41-/m0/s1. The minimum atomic E-state index is -1.05. The number of carbonyl (C=O) groups is 5. The number of rotatable bonds is 19. The Morgan fingerprint density at radius 2 is 1.36 bits per heavy atom. The second-order valence-corrected chi connectivity index (χ2v) is 22.9. The van der Waals surface area contributed by atoms with Gasteiger partial charge in [-0.2, -0.15) is 4.98 Å². The lowest BCUT2D eigenvalue weighted by molar-refractivity contribution is -0.157. The summed E-state index contributed by atoms with van der Waals surface area (Å²) in [5, 5.41) is 19.1. The SMILES string of the molecule is CC(C)(C)OC(=O)N[C@@H](CCC(=O)N1CCC(Nc2nc(NCc3cn(CCCN(CCCN(C(=O)OC(C)(C)C)C4CCCCC4)C(=O)OC(C)(C)C)nn3)nc3ccccc23)CC1)C(=O)OC(C)(C)C. The topological polar surface area (TPSA) is 225 Å². The number of amides is 4. The van der Waals surface area contributed by atoms with Crippen LogP contribution in [0.5, 0.6) is 0 Å². The van der Waals surface area contributed by atoms with Crippen LogP contribution in [0.4, 0.5) is 26.1 Å². The van der Waals surface area contributed by atoms with Gasteiger partial charge in [-0.3, -0.25) is 9.48 Å². The number of piperidine rings is 1. The number of hydrogen-bond donors (Lipinski definition) is 3. The zero-order chi connectivity index (χ0) is 52.9. The third-order valence-corrected chi connectivity index (χ3v) is 11.8. The second kappa shape index (κ2) is 25.1. The van der Waals surface area contributed by atoms with Crippen LogP contribution in [0.3, 0.4) is 0 Å². The van der Waals surface area contributed by atoms with Gasteiger partial charge in [0.25, 0.3) is 0 Å². The summed E-state index contributed by atoms with van der Waals surface area (Å²) >= 11 is 0. The maximum Gasteiger partial charge on any atom is 0.410 e. The lowest BCUT2D eigenvalue weighted by Gasteiger charge is -2.36. The fourth-order valence-corrected chi connectivity index (χ4v) is 8.54. The highest BCUT2D eigenvalue weighted by molar-refractivity contribution is 5.90. The van der Waals surface area contributed by atoms with Crippen molar-refractivity contribution in [3.05, 3.63) is 36.2 Å². The molecule has 0 spiro atoms. The van der Waals surface area contributed by atoms with E-state index in [2.05, 4.69) is 26.3 Å². The summed E-state index contributed by atoms with van der Waals surface area (Å²) in [6.45, 7) is 24.8. The lowest BCUT2D eigenvalue weighted by atomic mass is 9.94. The molecular weight excluding hydrogens is 923 g/mol. The number of fused-ring (bicyclic) bond motifs is 1. The van der Waals surface area contributed by atoms with Gasteiger partial charge in [0.15, 0.2) is 0 Å². The quantitative estimate of drug-likeness (QED) is 0.0753. The third-order valence-electron chi connectivity index (χ3n) is 11.8. The van der Waals surface area contributed by atoms with Crippen molar-refractivity contribution >= 4 is 52.8 Å². The molecule has 3 aromatic rings. The normalized spacial score (nSPS) is 15.6. The third kappa shape index (κ3) is 19.6. The van der Waals surface area contributed by atoms with Gasteiger partial charge in [-0.15, -0.1) is 5.10 Å². The molecule has 1 atom stereocenters. The molecule has 0 radical (unpaired) electrons. The average Bonchev–Trinajstić information content (AvgIpc) is 3.73. The van der Waals surface area contributed by atoms with Crippen molar-refractivity contribution in [2.24, 2.45) is 0 Å². The number of para-hydroxylation sites is 1. The molecular formula is C52H83N11O9. The van der Waals surface area contributed by atoms with Crippen molar-refractivity contribution in [2.75, 3.05) is 43.4 Å². The zero-order valence-corrected chi connectivity index (χ0v) is 45.1. The summed E-state index contributed by atoms with van der Waals surface area (Å²) in [4.78, 5) is 80.8. The number of likely N-dealkylation sites (tertiary alicyclic amines) is 1. The first kappa shape index (κ1) is 57.0. The van der Waals surface area contributed by atoms with Crippen LogP contribution in [0.1, 0.15) is 159 Å². The van der Waals surface area contributed by atoms with Crippen LogP contribution in [0.2, 0.25) is 0 Å². The Hall–Kier alpha value is -5.95. The molecule has 72 heavy (non-hydrogen) atoms. The summed E-state index contributed by atoms with van der Waals surface area (Å²) < 4.78 is 24.3. The van der Waals surface area contributed by atoms with Crippen molar-refractivity contribution in [1.82, 2.24) is 45.0 Å². The number of aromatic nitrogens is 5. The molecule has 0 unspecified atom stereocenters. The van der Waals surface area contributed by atoms with E-state index >= 15 is 0 Å². The van der Waals surface area contributed by atoms with Crippen molar-refractivity contribution in [3.8, 4) is 0 Å². The van der Waals surface area contributed by atoms with Crippen molar-refractivity contribution in [2.45, 2.75) is 207 Å². The maximum absolute atomic E-state index is 13.4. The van der Waals surface area contributed by atoms with Gasteiger partial charge in [0.1, 0.15) is 40.0 Å². The number of benzene rings is 1. The monoisotopic (exact) mass is 1010 g/mol. The number of hydrogen-bond acceptors (Lipinski definition) is 15. The van der Waals surface area contributed by atoms with Gasteiger partial charge in [0.05, 0.1) is 18.3 Å². The fraction of sp³-hybridized carbons (Fsp3) is 0.712. The Bertz CT molecular complexity index is 2260. The molecule has 2 aromatic heterocycles. The number of nitrogens with zero attached hydrogens (tertiary/aromatic N) is 8. The molecule has 1 saturated carbocycles. The summed E-state index contributed by atoms with van der Waals surface area (Å²) in [7, 11) is 0. The van der Waals surface area contributed by atoms with Gasteiger partial charge in [-0.1, -0.05) is 36.6 Å². The Labute approximate surface area is 426 Å². The van der Waals surface area contributed by atoms with E-state index in [-0.39, 0.29) is 36.9 Å². The Kier molecular flexibility index (Phi) is 19.9. The van der Waals surface area contributed by atoms with Crippen molar-refractivity contribution < 1.29 is 42.9 Å². The van der Waals surface area contributed by atoms with Crippen LogP contribution in [-0.4, -0.2) is 143 Å². The van der Waals surface area contributed by atoms with E-state index in [0.717, 1.165) is 36.6 Å². The number of alkyl carbamates (subject to hydrolysis) is 1. The van der Waals surface area contributed by atoms with Crippen LogP contribution in [0, 0.1) is 0 Å². The first-order chi connectivity index (χ1) is 33.7. The van der Waals surface area contributed by atoms with Gasteiger partial charge in [-0.25, -0.2) is 24.2 Å². The first-order valence-electron chi connectivity index (χ1n) is 25.8. The summed E-state index contributed by atoms with van der Waals surface area (Å²) in [5.41, 5.74) is -1.36. The molecule has 20 heteroatoms. The number of aryl methyl sites for hydroxylation is 1. The number of esters is 1. The van der Waals surface area contributed by atoms with Gasteiger partial charge < -0.3 is 49.6 Å². The molecule has 4 amide bonds. The number of carbonyl (C=O) groups excluding carboxylic acids is 5. The summed E-state index contributed by atoms with van der Waals surface area (Å²) in [6.07, 6.45) is 8.30. The average molecular weight is 1010 g/mol. The molecule has 0 bridgehead atoms. The minimum Gasteiger partial charge on any atom is -0.458 e. The van der Waals surface area contributed by atoms with Crippen LogP contribution >= 0.6 is 0 Å². The summed E-state index contributed by atoms with van der Waals surface area (Å²) in [6, 6.07) is 6.89. The second-order valence-electron chi connectivity index (χ2n) is 22.9. The van der Waals surface area contributed by atoms with Crippen molar-refractivity contribution in [3.63, 3.8) is 0 Å².